The number of rotatable bonds is 7. The first-order valence-corrected chi connectivity index (χ1v) is 7.18. The molecule has 20 heavy (non-hydrogen) atoms. The van der Waals surface area contributed by atoms with Gasteiger partial charge in [0.25, 0.3) is 0 Å². The Morgan fingerprint density at radius 3 is 2.70 bits per heavy atom. The van der Waals surface area contributed by atoms with Crippen molar-refractivity contribution in [2.75, 3.05) is 20.2 Å². The Morgan fingerprint density at radius 2 is 2.05 bits per heavy atom. The number of para-hydroxylation sites is 1. The highest BCUT2D eigenvalue weighted by atomic mass is 16.5. The molecular weight excluding hydrogens is 252 g/mol. The number of ether oxygens (including phenoxy) is 1. The number of methoxy groups -OCH3 is 1. The molecule has 110 valence electrons. The van der Waals surface area contributed by atoms with Gasteiger partial charge in [0, 0.05) is 5.56 Å². The molecule has 1 amide bonds. The SMILES string of the molecule is COc1ccccc1C(C)(C)NC(=O)CNCC1CC1. The molecule has 4 nitrogen and oxygen atoms in total. The maximum absolute atomic E-state index is 12.0. The van der Waals surface area contributed by atoms with E-state index >= 15 is 0 Å². The quantitative estimate of drug-likeness (QED) is 0.801. The van der Waals surface area contributed by atoms with E-state index in [-0.39, 0.29) is 5.91 Å². The lowest BCUT2D eigenvalue weighted by atomic mass is 9.93. The summed E-state index contributed by atoms with van der Waals surface area (Å²) in [4.78, 5) is 12.0. The highest BCUT2D eigenvalue weighted by molar-refractivity contribution is 5.79. The topological polar surface area (TPSA) is 50.4 Å². The van der Waals surface area contributed by atoms with E-state index in [9.17, 15) is 4.79 Å². The molecule has 4 heteroatoms. The monoisotopic (exact) mass is 276 g/mol. The standard InChI is InChI=1S/C16H24N2O2/c1-16(2,13-6-4-5-7-14(13)20-3)18-15(19)11-17-10-12-8-9-12/h4-7,12,17H,8-11H2,1-3H3,(H,18,19). The average Bonchev–Trinajstić information content (AvgIpc) is 3.22. The van der Waals surface area contributed by atoms with E-state index in [0.29, 0.717) is 6.54 Å². The van der Waals surface area contributed by atoms with Crippen molar-refractivity contribution in [1.82, 2.24) is 10.6 Å². The number of benzene rings is 1. The van der Waals surface area contributed by atoms with Gasteiger partial charge in [0.15, 0.2) is 0 Å². The molecule has 0 atom stereocenters. The predicted octanol–water partition coefficient (Wildman–Crippen LogP) is 2.05. The minimum atomic E-state index is -0.453. The Balaban J connectivity index is 1.92. The summed E-state index contributed by atoms with van der Waals surface area (Å²) in [6.07, 6.45) is 2.59. The molecule has 1 fully saturated rings. The van der Waals surface area contributed by atoms with Gasteiger partial charge in [-0.1, -0.05) is 18.2 Å². The van der Waals surface area contributed by atoms with Crippen LogP contribution in [-0.2, 0) is 10.3 Å². The summed E-state index contributed by atoms with van der Waals surface area (Å²) >= 11 is 0. The number of amides is 1. The fraction of sp³-hybridized carbons (Fsp3) is 0.562. The molecule has 0 aromatic heterocycles. The van der Waals surface area contributed by atoms with Gasteiger partial charge >= 0.3 is 0 Å². The second kappa shape index (κ2) is 6.27. The van der Waals surface area contributed by atoms with E-state index in [2.05, 4.69) is 10.6 Å². The van der Waals surface area contributed by atoms with E-state index < -0.39 is 5.54 Å². The van der Waals surface area contributed by atoms with Crippen LogP contribution in [0.2, 0.25) is 0 Å². The van der Waals surface area contributed by atoms with Crippen molar-refractivity contribution in [3.05, 3.63) is 29.8 Å². The lowest BCUT2D eigenvalue weighted by molar-refractivity contribution is -0.121. The van der Waals surface area contributed by atoms with Crippen molar-refractivity contribution in [2.24, 2.45) is 5.92 Å². The van der Waals surface area contributed by atoms with Crippen molar-refractivity contribution >= 4 is 5.91 Å². The largest absolute Gasteiger partial charge is 0.496 e. The summed E-state index contributed by atoms with van der Waals surface area (Å²) < 4.78 is 5.37. The first-order valence-electron chi connectivity index (χ1n) is 7.18. The predicted molar refractivity (Wildman–Crippen MR) is 79.8 cm³/mol. The molecule has 1 aliphatic rings. The van der Waals surface area contributed by atoms with Gasteiger partial charge in [-0.2, -0.15) is 0 Å². The zero-order valence-electron chi connectivity index (χ0n) is 12.5. The molecule has 0 heterocycles. The van der Waals surface area contributed by atoms with Gasteiger partial charge in [-0.05, 0) is 45.2 Å². The van der Waals surface area contributed by atoms with Crippen molar-refractivity contribution < 1.29 is 9.53 Å². The summed E-state index contributed by atoms with van der Waals surface area (Å²) in [6, 6.07) is 7.78. The molecule has 2 N–H and O–H groups in total. The summed E-state index contributed by atoms with van der Waals surface area (Å²) in [5.41, 5.74) is 0.531. The van der Waals surface area contributed by atoms with Crippen LogP contribution in [0.5, 0.6) is 5.75 Å². The molecule has 0 bridgehead atoms. The average molecular weight is 276 g/mol. The van der Waals surface area contributed by atoms with E-state index in [1.54, 1.807) is 7.11 Å². The van der Waals surface area contributed by atoms with Crippen LogP contribution in [0.4, 0.5) is 0 Å². The maximum Gasteiger partial charge on any atom is 0.234 e. The normalized spacial score (nSPS) is 14.9. The summed E-state index contributed by atoms with van der Waals surface area (Å²) in [5, 5.41) is 6.27. The van der Waals surface area contributed by atoms with Crippen LogP contribution in [0.1, 0.15) is 32.3 Å². The maximum atomic E-state index is 12.0. The lowest BCUT2D eigenvalue weighted by Gasteiger charge is -2.28. The number of carbonyl (C=O) groups excluding carboxylic acids is 1. The Labute approximate surface area is 120 Å². The smallest absolute Gasteiger partial charge is 0.234 e. The van der Waals surface area contributed by atoms with Crippen molar-refractivity contribution in [3.8, 4) is 5.75 Å². The molecule has 0 radical (unpaired) electrons. The second-order valence-electron chi connectivity index (χ2n) is 5.95. The molecule has 1 saturated carbocycles. The molecule has 2 rings (SSSR count). The van der Waals surface area contributed by atoms with Crippen molar-refractivity contribution in [1.29, 1.82) is 0 Å². The minimum Gasteiger partial charge on any atom is -0.496 e. The van der Waals surface area contributed by atoms with E-state index in [1.807, 2.05) is 38.1 Å². The van der Waals surface area contributed by atoms with Gasteiger partial charge in [-0.15, -0.1) is 0 Å². The molecule has 1 aliphatic carbocycles. The Hall–Kier alpha value is -1.55. The minimum absolute atomic E-state index is 0.0153. The Kier molecular flexibility index (Phi) is 4.65. The lowest BCUT2D eigenvalue weighted by Crippen LogP contribution is -2.45. The third kappa shape index (κ3) is 3.97. The summed E-state index contributed by atoms with van der Waals surface area (Å²) in [7, 11) is 1.65. The van der Waals surface area contributed by atoms with Gasteiger partial charge in [-0.3, -0.25) is 4.79 Å². The number of hydrogen-bond acceptors (Lipinski definition) is 3. The summed E-state index contributed by atoms with van der Waals surface area (Å²) in [6.45, 7) is 5.30. The van der Waals surface area contributed by atoms with Crippen LogP contribution in [0.25, 0.3) is 0 Å². The van der Waals surface area contributed by atoms with Crippen molar-refractivity contribution in [2.45, 2.75) is 32.2 Å². The molecule has 0 saturated heterocycles. The fourth-order valence-electron chi connectivity index (χ4n) is 2.33. The van der Waals surface area contributed by atoms with E-state index in [0.717, 1.165) is 23.8 Å². The van der Waals surface area contributed by atoms with Crippen LogP contribution in [-0.4, -0.2) is 26.1 Å². The highest BCUT2D eigenvalue weighted by Gasteiger charge is 2.26. The zero-order valence-corrected chi connectivity index (χ0v) is 12.5. The Bertz CT molecular complexity index is 467. The van der Waals surface area contributed by atoms with Gasteiger partial charge in [0.1, 0.15) is 5.75 Å². The molecule has 1 aromatic carbocycles. The van der Waals surface area contributed by atoms with Crippen molar-refractivity contribution in [3.63, 3.8) is 0 Å². The van der Waals surface area contributed by atoms with E-state index in [4.69, 9.17) is 4.74 Å². The van der Waals surface area contributed by atoms with Crippen LogP contribution < -0.4 is 15.4 Å². The Morgan fingerprint density at radius 1 is 1.35 bits per heavy atom. The van der Waals surface area contributed by atoms with Crippen LogP contribution >= 0.6 is 0 Å². The number of nitrogens with one attached hydrogen (secondary N) is 2. The van der Waals surface area contributed by atoms with Crippen LogP contribution in [0, 0.1) is 5.92 Å². The third-order valence-electron chi connectivity index (χ3n) is 3.65. The first kappa shape index (κ1) is 14.9. The van der Waals surface area contributed by atoms with Gasteiger partial charge in [-0.25, -0.2) is 0 Å². The molecule has 0 spiro atoms. The third-order valence-corrected chi connectivity index (χ3v) is 3.65. The fourth-order valence-corrected chi connectivity index (χ4v) is 2.33. The summed E-state index contributed by atoms with van der Waals surface area (Å²) in [5.74, 6) is 1.59. The van der Waals surface area contributed by atoms with Gasteiger partial charge in [0.2, 0.25) is 5.91 Å². The second-order valence-corrected chi connectivity index (χ2v) is 5.95. The first-order chi connectivity index (χ1) is 9.53. The number of carbonyl (C=O) groups is 1. The van der Waals surface area contributed by atoms with Gasteiger partial charge < -0.3 is 15.4 Å². The van der Waals surface area contributed by atoms with Gasteiger partial charge in [0.05, 0.1) is 19.2 Å². The molecule has 0 unspecified atom stereocenters. The number of hydrogen-bond donors (Lipinski definition) is 2. The molecule has 0 aliphatic heterocycles. The molecule has 1 aromatic rings. The highest BCUT2D eigenvalue weighted by Crippen LogP contribution is 2.29. The molecular formula is C16H24N2O2. The van der Waals surface area contributed by atoms with Crippen LogP contribution in [0.15, 0.2) is 24.3 Å². The van der Waals surface area contributed by atoms with E-state index in [1.165, 1.54) is 12.8 Å². The van der Waals surface area contributed by atoms with Crippen LogP contribution in [0.3, 0.4) is 0 Å². The zero-order chi connectivity index (χ0) is 14.6.